The molecule has 1 saturated heterocycles. The first-order chi connectivity index (χ1) is 28.3. The summed E-state index contributed by atoms with van der Waals surface area (Å²) in [6, 6.07) is 13.3. The lowest BCUT2D eigenvalue weighted by Gasteiger charge is -2.37. The van der Waals surface area contributed by atoms with Crippen LogP contribution in [0.4, 0.5) is 0 Å². The highest BCUT2D eigenvalue weighted by molar-refractivity contribution is 5.70. The Morgan fingerprint density at radius 2 is 1.20 bits per heavy atom. The van der Waals surface area contributed by atoms with Gasteiger partial charge in [0, 0.05) is 69.8 Å². The van der Waals surface area contributed by atoms with Crippen LogP contribution in [0.3, 0.4) is 0 Å². The molecule has 2 aromatic rings. The van der Waals surface area contributed by atoms with E-state index in [1.54, 1.807) is 26.7 Å². The molecule has 1 heterocycles. The van der Waals surface area contributed by atoms with E-state index in [-0.39, 0.29) is 82.8 Å². The first-order valence-electron chi connectivity index (χ1n) is 20.6. The summed E-state index contributed by atoms with van der Waals surface area (Å²) in [6.07, 6.45) is 1.88. The Balaban J connectivity index is 1.67. The average molecular weight is 845 g/mol. The van der Waals surface area contributed by atoms with E-state index in [1.807, 2.05) is 31.2 Å². The van der Waals surface area contributed by atoms with E-state index in [2.05, 4.69) is 45.9 Å². The second kappa shape index (κ2) is 24.8. The van der Waals surface area contributed by atoms with Crippen molar-refractivity contribution in [2.45, 2.75) is 59.9 Å². The van der Waals surface area contributed by atoms with Crippen molar-refractivity contribution in [3.63, 3.8) is 0 Å². The van der Waals surface area contributed by atoms with E-state index in [4.69, 9.17) is 18.9 Å². The van der Waals surface area contributed by atoms with Crippen LogP contribution in [-0.2, 0) is 41.5 Å². The predicted octanol–water partition coefficient (Wildman–Crippen LogP) is 3.57. The molecule has 0 radical (unpaired) electrons. The van der Waals surface area contributed by atoms with Crippen LogP contribution in [0.5, 0.6) is 11.5 Å². The van der Waals surface area contributed by atoms with Gasteiger partial charge in [0.15, 0.2) is 0 Å². The molecule has 0 amide bonds. The van der Waals surface area contributed by atoms with Gasteiger partial charge in [-0.1, -0.05) is 52.0 Å². The van der Waals surface area contributed by atoms with Crippen molar-refractivity contribution in [3.8, 4) is 11.5 Å². The summed E-state index contributed by atoms with van der Waals surface area (Å²) in [5, 5.41) is 38.7. The summed E-state index contributed by atoms with van der Waals surface area (Å²) in [5.41, 5.74) is 2.82. The zero-order valence-electron chi connectivity index (χ0n) is 36.4. The van der Waals surface area contributed by atoms with Crippen molar-refractivity contribution >= 4 is 23.9 Å². The fourth-order valence-corrected chi connectivity index (χ4v) is 7.16. The number of rotatable bonds is 24. The molecule has 336 valence electrons. The number of aliphatic carboxylic acids is 4. The number of methoxy groups -OCH3 is 1. The molecular weight excluding hydrogens is 776 g/mol. The number of aryl methyl sites for hydroxylation is 2. The first kappa shape index (κ1) is 50.0. The summed E-state index contributed by atoms with van der Waals surface area (Å²) < 4.78 is 23.9. The molecule has 4 N–H and O–H groups in total. The number of hydrogen-bond donors (Lipinski definition) is 4. The van der Waals surface area contributed by atoms with Gasteiger partial charge in [-0.2, -0.15) is 0 Å². The molecule has 3 rings (SSSR count). The Bertz CT molecular complexity index is 1650. The van der Waals surface area contributed by atoms with Crippen LogP contribution in [0.25, 0.3) is 0 Å². The molecule has 0 aromatic heterocycles. The third-order valence-electron chi connectivity index (χ3n) is 10.2. The molecule has 1 aliphatic heterocycles. The Morgan fingerprint density at radius 1 is 0.667 bits per heavy atom. The van der Waals surface area contributed by atoms with E-state index >= 15 is 0 Å². The van der Waals surface area contributed by atoms with Gasteiger partial charge in [-0.3, -0.25) is 38.8 Å². The minimum Gasteiger partial charge on any atom is -0.494 e. The van der Waals surface area contributed by atoms with Crippen molar-refractivity contribution in [2.24, 2.45) is 10.8 Å². The maximum atomic E-state index is 12.1. The van der Waals surface area contributed by atoms with Gasteiger partial charge in [-0.05, 0) is 61.1 Å². The summed E-state index contributed by atoms with van der Waals surface area (Å²) in [4.78, 5) is 54.1. The van der Waals surface area contributed by atoms with Crippen molar-refractivity contribution < 1.29 is 58.6 Å². The fraction of sp³-hybridized carbons (Fsp3) is 0.636. The molecule has 0 bridgehead atoms. The highest BCUT2D eigenvalue weighted by Crippen LogP contribution is 2.27. The molecular formula is C44H68N4O12. The lowest BCUT2D eigenvalue weighted by molar-refractivity contribution is -0.142. The molecule has 1 aliphatic rings. The standard InChI is InChI=1S/C44H68N4O12/c1-33-9-12-35(38(22-33)60-32-44(4,5)31-58-30-43(2,3)29-57-6)8-7-21-59-37-13-10-34(11-14-37)23-36-24-47(27-41(53)54)18-17-45(25-39(49)50)15-16-46(26-40(51)52)19-20-48(36)28-42(55)56/h9-14,22,36H,7-8,15-21,23-32H2,1-6H3,(H,49,50)(H,51,52)(H,53,54)(H,55,56)/t36-/m0/s1. The van der Waals surface area contributed by atoms with Gasteiger partial charge in [-0.15, -0.1) is 0 Å². The summed E-state index contributed by atoms with van der Waals surface area (Å²) in [6.45, 7) is 13.6. The Kier molecular flexibility index (Phi) is 20.7. The molecule has 1 atom stereocenters. The SMILES string of the molecule is COCC(C)(C)COCC(C)(C)COc1cc(C)ccc1CCCOc1ccc(C[C@H]2CN(CC(=O)O)CCN(CC(=O)O)CCN(CC(=O)O)CCN2CC(=O)O)cc1. The molecule has 0 aliphatic carbocycles. The molecule has 2 aromatic carbocycles. The number of carboxylic acid groups (broad SMARTS) is 4. The predicted molar refractivity (Wildman–Crippen MR) is 226 cm³/mol. The van der Waals surface area contributed by atoms with Crippen molar-refractivity contribution in [3.05, 3.63) is 59.2 Å². The highest BCUT2D eigenvalue weighted by atomic mass is 16.5. The lowest BCUT2D eigenvalue weighted by atomic mass is 9.94. The zero-order valence-corrected chi connectivity index (χ0v) is 36.4. The number of nitrogens with zero attached hydrogens (tertiary/aromatic N) is 4. The zero-order chi connectivity index (χ0) is 44.3. The van der Waals surface area contributed by atoms with Crippen LogP contribution in [0, 0.1) is 17.8 Å². The van der Waals surface area contributed by atoms with E-state index in [1.165, 1.54) is 0 Å². The third-order valence-corrected chi connectivity index (χ3v) is 10.2. The largest absolute Gasteiger partial charge is 0.494 e. The minimum absolute atomic E-state index is 0.0714. The number of ether oxygens (including phenoxy) is 4. The van der Waals surface area contributed by atoms with Crippen LogP contribution in [0.15, 0.2) is 42.5 Å². The van der Waals surface area contributed by atoms with Crippen LogP contribution < -0.4 is 9.47 Å². The quantitative estimate of drug-likeness (QED) is 0.112. The summed E-state index contributed by atoms with van der Waals surface area (Å²) in [5.74, 6) is -2.69. The van der Waals surface area contributed by atoms with Crippen molar-refractivity contribution in [1.82, 2.24) is 19.6 Å². The van der Waals surface area contributed by atoms with Crippen molar-refractivity contribution in [2.75, 3.05) is 112 Å². The molecule has 60 heavy (non-hydrogen) atoms. The van der Waals surface area contributed by atoms with Gasteiger partial charge in [0.05, 0.1) is 59.2 Å². The number of carboxylic acids is 4. The van der Waals surface area contributed by atoms with Gasteiger partial charge >= 0.3 is 23.9 Å². The lowest BCUT2D eigenvalue weighted by Crippen LogP contribution is -2.53. The smallest absolute Gasteiger partial charge is 0.317 e. The van der Waals surface area contributed by atoms with E-state index in [9.17, 15) is 39.6 Å². The normalized spacial score (nSPS) is 17.1. The first-order valence-corrected chi connectivity index (χ1v) is 20.6. The molecule has 0 spiro atoms. The second-order valence-corrected chi connectivity index (χ2v) is 17.4. The van der Waals surface area contributed by atoms with Crippen LogP contribution in [-0.4, -0.2) is 182 Å². The maximum absolute atomic E-state index is 12.1. The van der Waals surface area contributed by atoms with E-state index in [0.29, 0.717) is 45.2 Å². The Labute approximate surface area is 354 Å². The van der Waals surface area contributed by atoms with Gasteiger partial charge < -0.3 is 39.4 Å². The van der Waals surface area contributed by atoms with Gasteiger partial charge in [0.2, 0.25) is 0 Å². The minimum atomic E-state index is -1.06. The fourth-order valence-electron chi connectivity index (χ4n) is 7.16. The average Bonchev–Trinajstić information content (AvgIpc) is 3.14. The van der Waals surface area contributed by atoms with Crippen LogP contribution >= 0.6 is 0 Å². The number of carbonyl (C=O) groups is 4. The number of benzene rings is 2. The van der Waals surface area contributed by atoms with Gasteiger partial charge in [0.1, 0.15) is 11.5 Å². The molecule has 0 saturated carbocycles. The van der Waals surface area contributed by atoms with Crippen LogP contribution in [0.2, 0.25) is 0 Å². The van der Waals surface area contributed by atoms with E-state index < -0.39 is 29.9 Å². The second-order valence-electron chi connectivity index (χ2n) is 17.4. The van der Waals surface area contributed by atoms with Crippen LogP contribution in [0.1, 0.15) is 50.8 Å². The van der Waals surface area contributed by atoms with Gasteiger partial charge in [-0.25, -0.2) is 0 Å². The molecule has 16 nitrogen and oxygen atoms in total. The Morgan fingerprint density at radius 3 is 1.77 bits per heavy atom. The highest BCUT2D eigenvalue weighted by Gasteiger charge is 2.28. The molecule has 1 fully saturated rings. The van der Waals surface area contributed by atoms with E-state index in [0.717, 1.165) is 35.3 Å². The van der Waals surface area contributed by atoms with Gasteiger partial charge in [0.25, 0.3) is 0 Å². The summed E-state index contributed by atoms with van der Waals surface area (Å²) in [7, 11) is 1.70. The van der Waals surface area contributed by atoms with Crippen molar-refractivity contribution in [1.29, 1.82) is 0 Å². The monoisotopic (exact) mass is 844 g/mol. The topological polar surface area (TPSA) is 199 Å². The summed E-state index contributed by atoms with van der Waals surface area (Å²) >= 11 is 0. The molecule has 0 unspecified atom stereocenters. The Hall–Kier alpha value is -4.32. The maximum Gasteiger partial charge on any atom is 0.317 e. The molecule has 16 heteroatoms. The third kappa shape index (κ3) is 19.8. The number of hydrogen-bond acceptors (Lipinski definition) is 12.